The van der Waals surface area contributed by atoms with Crippen LogP contribution in [0, 0.1) is 5.82 Å². The molecular formula is C13H17FN2O3. The Hall–Kier alpha value is -1.66. The molecular weight excluding hydrogens is 251 g/mol. The van der Waals surface area contributed by atoms with Crippen molar-refractivity contribution in [2.45, 2.75) is 12.6 Å². The second-order valence-corrected chi connectivity index (χ2v) is 4.45. The zero-order valence-electron chi connectivity index (χ0n) is 10.8. The van der Waals surface area contributed by atoms with E-state index in [0.717, 1.165) is 0 Å². The minimum absolute atomic E-state index is 0.289. The largest absolute Gasteiger partial charge is 0.497 e. The highest BCUT2D eigenvalue weighted by Gasteiger charge is 2.25. The van der Waals surface area contributed by atoms with Gasteiger partial charge >= 0.3 is 0 Å². The van der Waals surface area contributed by atoms with Crippen molar-refractivity contribution in [2.24, 2.45) is 5.73 Å². The molecule has 1 unspecified atom stereocenters. The topological polar surface area (TPSA) is 64.8 Å². The molecule has 1 fully saturated rings. The van der Waals surface area contributed by atoms with Gasteiger partial charge in [-0.2, -0.15) is 0 Å². The van der Waals surface area contributed by atoms with Gasteiger partial charge in [0.25, 0.3) is 0 Å². The van der Waals surface area contributed by atoms with E-state index >= 15 is 0 Å². The lowest BCUT2D eigenvalue weighted by Crippen LogP contribution is -2.48. The second kappa shape index (κ2) is 5.99. The van der Waals surface area contributed by atoms with Crippen LogP contribution in [-0.2, 0) is 16.1 Å². The Labute approximate surface area is 111 Å². The molecule has 104 valence electrons. The molecule has 0 spiro atoms. The third-order valence-corrected chi connectivity index (χ3v) is 3.11. The first-order valence-corrected chi connectivity index (χ1v) is 6.06. The van der Waals surface area contributed by atoms with E-state index in [2.05, 4.69) is 0 Å². The molecule has 1 aromatic rings. The maximum absolute atomic E-state index is 13.7. The van der Waals surface area contributed by atoms with Crippen molar-refractivity contribution in [3.8, 4) is 5.75 Å². The Kier molecular flexibility index (Phi) is 4.34. The molecule has 1 heterocycles. The molecule has 19 heavy (non-hydrogen) atoms. The molecule has 0 bridgehead atoms. The number of morpholine rings is 1. The van der Waals surface area contributed by atoms with Crippen molar-refractivity contribution < 1.29 is 18.7 Å². The number of hydrogen-bond acceptors (Lipinski definition) is 4. The second-order valence-electron chi connectivity index (χ2n) is 4.45. The molecule has 1 aliphatic rings. The number of carbonyl (C=O) groups is 1. The number of methoxy groups -OCH3 is 1. The molecule has 1 amide bonds. The standard InChI is InChI=1S/C13H17FN2O3/c1-18-10-2-3-11(14)9(6-10)7-16-4-5-19-12(8-16)13(15)17/h2-3,6,12H,4-5,7-8H2,1H3,(H2,15,17). The van der Waals surface area contributed by atoms with Gasteiger partial charge in [0, 0.05) is 25.2 Å². The number of nitrogens with two attached hydrogens (primary N) is 1. The number of ether oxygens (including phenoxy) is 2. The Morgan fingerprint density at radius 2 is 2.42 bits per heavy atom. The van der Waals surface area contributed by atoms with Gasteiger partial charge in [-0.25, -0.2) is 4.39 Å². The number of nitrogens with zero attached hydrogens (tertiary/aromatic N) is 1. The quantitative estimate of drug-likeness (QED) is 0.864. The SMILES string of the molecule is COc1ccc(F)c(CN2CCOC(C(N)=O)C2)c1. The average molecular weight is 268 g/mol. The summed E-state index contributed by atoms with van der Waals surface area (Å²) in [5, 5.41) is 0. The molecule has 1 saturated heterocycles. The lowest BCUT2D eigenvalue weighted by Gasteiger charge is -2.31. The molecule has 2 N–H and O–H groups in total. The molecule has 2 rings (SSSR count). The molecule has 0 aromatic heterocycles. The van der Waals surface area contributed by atoms with Crippen molar-refractivity contribution in [3.63, 3.8) is 0 Å². The summed E-state index contributed by atoms with van der Waals surface area (Å²) in [6.07, 6.45) is -0.623. The van der Waals surface area contributed by atoms with Crippen LogP contribution in [-0.4, -0.2) is 43.7 Å². The molecule has 0 aliphatic carbocycles. The first-order chi connectivity index (χ1) is 9.10. The third kappa shape index (κ3) is 3.42. The van der Waals surface area contributed by atoms with E-state index in [1.807, 2.05) is 4.90 Å². The Morgan fingerprint density at radius 1 is 1.63 bits per heavy atom. The molecule has 1 atom stereocenters. The van der Waals surface area contributed by atoms with Gasteiger partial charge < -0.3 is 15.2 Å². The van der Waals surface area contributed by atoms with Crippen LogP contribution in [0.15, 0.2) is 18.2 Å². The molecule has 1 aromatic carbocycles. The van der Waals surface area contributed by atoms with Crippen molar-refractivity contribution in [1.82, 2.24) is 4.90 Å². The number of primary amides is 1. The fraction of sp³-hybridized carbons (Fsp3) is 0.462. The molecule has 0 saturated carbocycles. The van der Waals surface area contributed by atoms with E-state index in [1.165, 1.54) is 13.2 Å². The van der Waals surface area contributed by atoms with E-state index in [1.54, 1.807) is 12.1 Å². The summed E-state index contributed by atoms with van der Waals surface area (Å²) in [6, 6.07) is 4.61. The van der Waals surface area contributed by atoms with Gasteiger partial charge in [-0.1, -0.05) is 0 Å². The van der Waals surface area contributed by atoms with Crippen molar-refractivity contribution in [3.05, 3.63) is 29.6 Å². The lowest BCUT2D eigenvalue weighted by atomic mass is 10.1. The number of amides is 1. The highest BCUT2D eigenvalue weighted by atomic mass is 19.1. The van der Waals surface area contributed by atoms with Gasteiger partial charge in [-0.05, 0) is 18.2 Å². The smallest absolute Gasteiger partial charge is 0.247 e. The summed E-state index contributed by atoms with van der Waals surface area (Å²) in [7, 11) is 1.54. The van der Waals surface area contributed by atoms with Gasteiger partial charge in [0.15, 0.2) is 0 Å². The van der Waals surface area contributed by atoms with E-state index in [4.69, 9.17) is 15.2 Å². The predicted octanol–water partition coefficient (Wildman–Crippen LogP) is 0.520. The van der Waals surface area contributed by atoms with Crippen LogP contribution >= 0.6 is 0 Å². The first-order valence-electron chi connectivity index (χ1n) is 6.06. The number of rotatable bonds is 4. The zero-order chi connectivity index (χ0) is 13.8. The van der Waals surface area contributed by atoms with Crippen LogP contribution in [0.5, 0.6) is 5.75 Å². The number of hydrogen-bond donors (Lipinski definition) is 1. The van der Waals surface area contributed by atoms with Gasteiger partial charge in [-0.3, -0.25) is 9.69 Å². The van der Waals surface area contributed by atoms with E-state index in [9.17, 15) is 9.18 Å². The van der Waals surface area contributed by atoms with Crippen LogP contribution in [0.25, 0.3) is 0 Å². The summed E-state index contributed by atoms with van der Waals surface area (Å²) in [5.74, 6) is -0.171. The highest BCUT2D eigenvalue weighted by Crippen LogP contribution is 2.19. The fourth-order valence-corrected chi connectivity index (χ4v) is 2.06. The minimum Gasteiger partial charge on any atom is -0.497 e. The van der Waals surface area contributed by atoms with Crippen LogP contribution in [0.3, 0.4) is 0 Å². The summed E-state index contributed by atoms with van der Waals surface area (Å²) in [5.41, 5.74) is 5.75. The van der Waals surface area contributed by atoms with Crippen LogP contribution in [0.2, 0.25) is 0 Å². The van der Waals surface area contributed by atoms with Crippen molar-refractivity contribution in [2.75, 3.05) is 26.8 Å². The summed E-state index contributed by atoms with van der Waals surface area (Å²) in [6.45, 7) is 1.84. The molecule has 5 nitrogen and oxygen atoms in total. The third-order valence-electron chi connectivity index (χ3n) is 3.11. The minimum atomic E-state index is -0.623. The zero-order valence-corrected chi connectivity index (χ0v) is 10.8. The van der Waals surface area contributed by atoms with Gasteiger partial charge in [-0.15, -0.1) is 0 Å². The Balaban J connectivity index is 2.06. The fourth-order valence-electron chi connectivity index (χ4n) is 2.06. The summed E-state index contributed by atoms with van der Waals surface area (Å²) >= 11 is 0. The Morgan fingerprint density at radius 3 is 3.11 bits per heavy atom. The Bertz CT molecular complexity index is 467. The summed E-state index contributed by atoms with van der Waals surface area (Å²) < 4.78 is 24.0. The number of halogens is 1. The average Bonchev–Trinajstić information content (AvgIpc) is 2.41. The first kappa shape index (κ1) is 13.8. The van der Waals surface area contributed by atoms with Crippen LogP contribution in [0.4, 0.5) is 4.39 Å². The molecule has 6 heteroatoms. The van der Waals surface area contributed by atoms with Gasteiger partial charge in [0.05, 0.1) is 13.7 Å². The maximum Gasteiger partial charge on any atom is 0.247 e. The lowest BCUT2D eigenvalue weighted by molar-refractivity contribution is -0.135. The van der Waals surface area contributed by atoms with E-state index in [0.29, 0.717) is 37.6 Å². The monoisotopic (exact) mass is 268 g/mol. The molecule has 0 radical (unpaired) electrons. The number of benzene rings is 1. The number of carbonyl (C=O) groups excluding carboxylic acids is 1. The van der Waals surface area contributed by atoms with Crippen molar-refractivity contribution >= 4 is 5.91 Å². The highest BCUT2D eigenvalue weighted by molar-refractivity contribution is 5.79. The predicted molar refractivity (Wildman–Crippen MR) is 67.2 cm³/mol. The van der Waals surface area contributed by atoms with Gasteiger partial charge in [0.1, 0.15) is 17.7 Å². The van der Waals surface area contributed by atoms with Crippen LogP contribution < -0.4 is 10.5 Å². The maximum atomic E-state index is 13.7. The van der Waals surface area contributed by atoms with E-state index in [-0.39, 0.29) is 5.82 Å². The normalized spacial score (nSPS) is 20.2. The summed E-state index contributed by atoms with van der Waals surface area (Å²) in [4.78, 5) is 13.0. The van der Waals surface area contributed by atoms with Crippen molar-refractivity contribution in [1.29, 1.82) is 0 Å². The van der Waals surface area contributed by atoms with Crippen LogP contribution in [0.1, 0.15) is 5.56 Å². The van der Waals surface area contributed by atoms with Gasteiger partial charge in [0.2, 0.25) is 5.91 Å². The van der Waals surface area contributed by atoms with E-state index < -0.39 is 12.0 Å². The molecule has 1 aliphatic heterocycles.